The van der Waals surface area contributed by atoms with Gasteiger partial charge in [-0.05, 0) is 30.2 Å². The Kier molecular flexibility index (Phi) is 3.89. The molecule has 2 aliphatic rings. The summed E-state index contributed by atoms with van der Waals surface area (Å²) in [5, 5.41) is 0.699. The van der Waals surface area contributed by atoms with Gasteiger partial charge in [0, 0.05) is 29.4 Å². The van der Waals surface area contributed by atoms with Gasteiger partial charge in [-0.2, -0.15) is 0 Å². The highest BCUT2D eigenvalue weighted by molar-refractivity contribution is 6.30. The van der Waals surface area contributed by atoms with Gasteiger partial charge in [-0.15, -0.1) is 12.4 Å². The number of rotatable bonds is 1. The van der Waals surface area contributed by atoms with Crippen LogP contribution in [-0.4, -0.2) is 18.9 Å². The van der Waals surface area contributed by atoms with E-state index in [0.717, 1.165) is 36.5 Å². The van der Waals surface area contributed by atoms with Crippen LogP contribution >= 0.6 is 24.0 Å². The second-order valence-corrected chi connectivity index (χ2v) is 5.98. The first-order valence-electron chi connectivity index (χ1n) is 7.18. The van der Waals surface area contributed by atoms with Crippen LogP contribution in [0, 0.1) is 0 Å². The molecule has 0 amide bonds. The van der Waals surface area contributed by atoms with Crippen LogP contribution in [0.2, 0.25) is 5.02 Å². The highest BCUT2D eigenvalue weighted by Crippen LogP contribution is 2.44. The molecule has 2 heterocycles. The summed E-state index contributed by atoms with van der Waals surface area (Å²) in [6.45, 7) is 1.80. The minimum absolute atomic E-state index is 0. The van der Waals surface area contributed by atoms with Gasteiger partial charge in [-0.3, -0.25) is 4.99 Å². The maximum atomic E-state index is 6.88. The maximum absolute atomic E-state index is 6.88. The zero-order chi connectivity index (χ0) is 14.4. The zero-order valence-corrected chi connectivity index (χ0v) is 13.6. The van der Waals surface area contributed by atoms with Crippen molar-refractivity contribution in [3.63, 3.8) is 0 Å². The Morgan fingerprint density at radius 3 is 2.77 bits per heavy atom. The lowest BCUT2D eigenvalue weighted by atomic mass is 9.84. The third-order valence-corrected chi connectivity index (χ3v) is 4.54. The van der Waals surface area contributed by atoms with Gasteiger partial charge in [0.1, 0.15) is 11.4 Å². The van der Waals surface area contributed by atoms with E-state index in [4.69, 9.17) is 22.3 Å². The van der Waals surface area contributed by atoms with Crippen molar-refractivity contribution in [2.24, 2.45) is 10.7 Å². The molecule has 0 spiro atoms. The van der Waals surface area contributed by atoms with Crippen LogP contribution in [0.3, 0.4) is 0 Å². The molecule has 3 nitrogen and oxygen atoms in total. The molecule has 0 bridgehead atoms. The summed E-state index contributed by atoms with van der Waals surface area (Å²) < 4.78 is 0. The maximum Gasteiger partial charge on any atom is 0.133 e. The van der Waals surface area contributed by atoms with Crippen molar-refractivity contribution in [3.8, 4) is 0 Å². The van der Waals surface area contributed by atoms with Gasteiger partial charge in [0.25, 0.3) is 0 Å². The number of nitrogens with two attached hydrogens (primary N) is 1. The average molecular weight is 334 g/mol. The molecular weight excluding hydrogens is 317 g/mol. The molecule has 1 atom stereocenters. The summed E-state index contributed by atoms with van der Waals surface area (Å²) in [6, 6.07) is 16.1. The Balaban J connectivity index is 0.00000144. The Hall–Kier alpha value is -1.55. The van der Waals surface area contributed by atoms with Gasteiger partial charge >= 0.3 is 0 Å². The topological polar surface area (TPSA) is 41.6 Å². The minimum Gasteiger partial charge on any atom is -0.328 e. The van der Waals surface area contributed by atoms with E-state index in [0.29, 0.717) is 5.02 Å². The first-order chi connectivity index (χ1) is 10.2. The molecule has 0 radical (unpaired) electrons. The fourth-order valence-corrected chi connectivity index (χ4v) is 3.55. The van der Waals surface area contributed by atoms with E-state index in [-0.39, 0.29) is 12.4 Å². The highest BCUT2D eigenvalue weighted by atomic mass is 35.5. The van der Waals surface area contributed by atoms with E-state index >= 15 is 0 Å². The van der Waals surface area contributed by atoms with Gasteiger partial charge in [-0.1, -0.05) is 41.9 Å². The molecule has 2 aromatic rings. The normalized spacial score (nSPS) is 22.5. The number of anilines is 1. The number of hydrogen-bond donors (Lipinski definition) is 1. The van der Waals surface area contributed by atoms with Crippen molar-refractivity contribution < 1.29 is 0 Å². The number of nitrogens with zero attached hydrogens (tertiary/aromatic N) is 2. The molecule has 2 N–H and O–H groups in total. The molecule has 2 aliphatic heterocycles. The molecule has 0 saturated heterocycles. The third kappa shape index (κ3) is 2.04. The predicted octanol–water partition coefficient (Wildman–Crippen LogP) is 3.59. The molecule has 22 heavy (non-hydrogen) atoms. The minimum atomic E-state index is -0.706. The first kappa shape index (κ1) is 15.3. The van der Waals surface area contributed by atoms with Crippen LogP contribution in [0.15, 0.2) is 53.5 Å². The number of hydrogen-bond acceptors (Lipinski definition) is 3. The van der Waals surface area contributed by atoms with Gasteiger partial charge in [-0.25, -0.2) is 0 Å². The van der Waals surface area contributed by atoms with Gasteiger partial charge in [0.05, 0.1) is 0 Å². The summed E-state index contributed by atoms with van der Waals surface area (Å²) in [6.07, 6.45) is 1.06. The molecule has 0 aromatic heterocycles. The number of benzene rings is 2. The van der Waals surface area contributed by atoms with E-state index in [9.17, 15) is 0 Å². The lowest BCUT2D eigenvalue weighted by Gasteiger charge is -2.31. The van der Waals surface area contributed by atoms with Crippen LogP contribution < -0.4 is 10.6 Å². The summed E-state index contributed by atoms with van der Waals surface area (Å²) >= 11 is 6.18. The van der Waals surface area contributed by atoms with Crippen LogP contribution in [0.1, 0.15) is 17.5 Å². The Morgan fingerprint density at radius 2 is 1.95 bits per heavy atom. The lowest BCUT2D eigenvalue weighted by molar-refractivity contribution is 0.705. The first-order valence-corrected chi connectivity index (χ1v) is 7.56. The average Bonchev–Trinajstić information content (AvgIpc) is 2.79. The van der Waals surface area contributed by atoms with Crippen molar-refractivity contribution in [3.05, 3.63) is 64.7 Å². The second kappa shape index (κ2) is 5.58. The number of para-hydroxylation sites is 1. The molecule has 0 aliphatic carbocycles. The van der Waals surface area contributed by atoms with Gasteiger partial charge < -0.3 is 10.6 Å². The molecule has 5 heteroatoms. The van der Waals surface area contributed by atoms with Gasteiger partial charge in [0.2, 0.25) is 0 Å². The highest BCUT2D eigenvalue weighted by Gasteiger charge is 2.47. The zero-order valence-electron chi connectivity index (χ0n) is 12.0. The van der Waals surface area contributed by atoms with Crippen LogP contribution in [0.25, 0.3) is 0 Å². The largest absolute Gasteiger partial charge is 0.328 e. The number of halogens is 2. The Morgan fingerprint density at radius 1 is 1.14 bits per heavy atom. The van der Waals surface area contributed by atoms with Crippen LogP contribution in [0.5, 0.6) is 0 Å². The lowest BCUT2D eigenvalue weighted by Crippen LogP contribution is -2.50. The Labute approximate surface area is 141 Å². The van der Waals surface area contributed by atoms with E-state index < -0.39 is 5.54 Å². The molecular formula is C17H17Cl2N3. The van der Waals surface area contributed by atoms with Crippen molar-refractivity contribution in [2.75, 3.05) is 18.0 Å². The monoisotopic (exact) mass is 333 g/mol. The molecule has 4 rings (SSSR count). The van der Waals surface area contributed by atoms with E-state index in [1.807, 2.05) is 30.3 Å². The van der Waals surface area contributed by atoms with Crippen molar-refractivity contribution >= 4 is 35.5 Å². The van der Waals surface area contributed by atoms with Crippen molar-refractivity contribution in [1.82, 2.24) is 0 Å². The SMILES string of the molecule is Cl.NC1(c2cccc(Cl)c2)C2=NCCCN2c2ccccc21. The van der Waals surface area contributed by atoms with Crippen LogP contribution in [-0.2, 0) is 5.54 Å². The summed E-state index contributed by atoms with van der Waals surface area (Å²) in [7, 11) is 0. The van der Waals surface area contributed by atoms with Gasteiger partial charge in [0.15, 0.2) is 0 Å². The predicted molar refractivity (Wildman–Crippen MR) is 94.4 cm³/mol. The fraction of sp³-hybridized carbons (Fsp3) is 0.235. The fourth-order valence-electron chi connectivity index (χ4n) is 3.36. The summed E-state index contributed by atoms with van der Waals surface area (Å²) in [4.78, 5) is 6.99. The molecule has 1 unspecified atom stereocenters. The van der Waals surface area contributed by atoms with E-state index in [2.05, 4.69) is 23.1 Å². The second-order valence-electron chi connectivity index (χ2n) is 5.55. The summed E-state index contributed by atoms with van der Waals surface area (Å²) in [5.74, 6) is 0.942. The number of aliphatic imine (C=N–C) groups is 1. The van der Waals surface area contributed by atoms with Crippen molar-refractivity contribution in [2.45, 2.75) is 12.0 Å². The standard InChI is InChI=1S/C17H16ClN3.ClH/c18-13-6-3-5-12(11-13)17(19)14-7-1-2-8-15(14)21-10-4-9-20-16(17)21;/h1-3,5-8,11H,4,9-10,19H2;1H. The molecule has 114 valence electrons. The van der Waals surface area contributed by atoms with E-state index in [1.165, 1.54) is 5.69 Å². The quantitative estimate of drug-likeness (QED) is 0.866. The van der Waals surface area contributed by atoms with Crippen LogP contribution in [0.4, 0.5) is 5.69 Å². The number of fused-ring (bicyclic) bond motifs is 3. The third-order valence-electron chi connectivity index (χ3n) is 4.31. The van der Waals surface area contributed by atoms with E-state index in [1.54, 1.807) is 0 Å². The molecule has 0 fully saturated rings. The molecule has 0 saturated carbocycles. The number of amidine groups is 1. The Bertz CT molecular complexity index is 744. The van der Waals surface area contributed by atoms with Crippen molar-refractivity contribution in [1.29, 1.82) is 0 Å². The summed E-state index contributed by atoms with van der Waals surface area (Å²) in [5.41, 5.74) is 9.44. The smallest absolute Gasteiger partial charge is 0.133 e. The molecule has 2 aromatic carbocycles.